The minimum absolute atomic E-state index is 0.228. The van der Waals surface area contributed by atoms with E-state index in [0.29, 0.717) is 12.1 Å². The highest BCUT2D eigenvalue weighted by Gasteiger charge is 2.17. The maximum absolute atomic E-state index is 11.4. The molecule has 5 aromatic rings. The molecule has 0 aliphatic rings. The van der Waals surface area contributed by atoms with Crippen molar-refractivity contribution >= 4 is 11.0 Å². The summed E-state index contributed by atoms with van der Waals surface area (Å²) in [5, 5.41) is 20.7. The lowest BCUT2D eigenvalue weighted by Gasteiger charge is -2.16. The Labute approximate surface area is 200 Å². The molecule has 4 aromatic carbocycles. The summed E-state index contributed by atoms with van der Waals surface area (Å²) >= 11 is 0. The lowest BCUT2D eigenvalue weighted by atomic mass is 9.92. The summed E-state index contributed by atoms with van der Waals surface area (Å²) in [7, 11) is 0. The van der Waals surface area contributed by atoms with Crippen LogP contribution in [0, 0.1) is 27.7 Å². The summed E-state index contributed by atoms with van der Waals surface area (Å²) in [6.45, 7) is 8.58. The van der Waals surface area contributed by atoms with Crippen LogP contribution >= 0.6 is 0 Å². The minimum Gasteiger partial charge on any atom is -0.505 e. The highest BCUT2D eigenvalue weighted by molar-refractivity contribution is 5.73. The van der Waals surface area contributed by atoms with Gasteiger partial charge in [0.25, 0.3) is 0 Å². The van der Waals surface area contributed by atoms with Gasteiger partial charge in [-0.05, 0) is 91.3 Å². The second-order valence-electron chi connectivity index (χ2n) is 9.17. The largest absolute Gasteiger partial charge is 0.505 e. The van der Waals surface area contributed by atoms with Gasteiger partial charge in [0.1, 0.15) is 22.5 Å². The van der Waals surface area contributed by atoms with Crippen molar-refractivity contribution in [2.24, 2.45) is 0 Å². The third kappa shape index (κ3) is 4.08. The molecule has 5 rings (SSSR count). The monoisotopic (exact) mass is 447 g/mol. The number of hydrogen-bond donors (Lipinski definition) is 1. The van der Waals surface area contributed by atoms with Crippen LogP contribution in [-0.2, 0) is 12.8 Å². The Kier molecular flexibility index (Phi) is 5.66. The Hall–Kier alpha value is -3.92. The van der Waals surface area contributed by atoms with Gasteiger partial charge in [-0.1, -0.05) is 54.6 Å². The summed E-state index contributed by atoms with van der Waals surface area (Å²) in [6, 6.07) is 24.7. The second-order valence-corrected chi connectivity index (χ2v) is 9.17. The molecule has 1 aromatic heterocycles. The molecule has 0 aliphatic carbocycles. The van der Waals surface area contributed by atoms with E-state index in [0.717, 1.165) is 28.6 Å². The number of phenols is 1. The minimum atomic E-state index is 0.228. The summed E-state index contributed by atoms with van der Waals surface area (Å²) < 4.78 is 0. The van der Waals surface area contributed by atoms with Crippen molar-refractivity contribution in [2.75, 3.05) is 0 Å². The van der Waals surface area contributed by atoms with Gasteiger partial charge in [0.15, 0.2) is 0 Å². The van der Waals surface area contributed by atoms with Crippen LogP contribution in [0.15, 0.2) is 72.8 Å². The molecule has 34 heavy (non-hydrogen) atoms. The second kappa shape index (κ2) is 8.79. The number of nitrogens with zero attached hydrogens (tertiary/aromatic N) is 3. The number of aromatic nitrogens is 3. The molecule has 0 spiro atoms. The van der Waals surface area contributed by atoms with E-state index in [4.69, 9.17) is 0 Å². The van der Waals surface area contributed by atoms with Gasteiger partial charge in [-0.2, -0.15) is 0 Å². The van der Waals surface area contributed by atoms with Gasteiger partial charge < -0.3 is 5.11 Å². The maximum Gasteiger partial charge on any atom is 0.146 e. The smallest absolute Gasteiger partial charge is 0.146 e. The third-order valence-electron chi connectivity index (χ3n) is 6.94. The molecular formula is C30H29N3O. The molecule has 0 aliphatic heterocycles. The van der Waals surface area contributed by atoms with E-state index in [1.807, 2.05) is 30.3 Å². The van der Waals surface area contributed by atoms with Crippen molar-refractivity contribution in [3.8, 4) is 11.4 Å². The van der Waals surface area contributed by atoms with Gasteiger partial charge in [0.05, 0.1) is 0 Å². The fourth-order valence-corrected chi connectivity index (χ4v) is 4.53. The number of phenolic OH excluding ortho intramolecular Hbond substituents is 1. The van der Waals surface area contributed by atoms with E-state index in [1.165, 1.54) is 33.4 Å². The lowest BCUT2D eigenvalue weighted by molar-refractivity contribution is 0.461. The van der Waals surface area contributed by atoms with Crippen molar-refractivity contribution < 1.29 is 5.11 Å². The summed E-state index contributed by atoms with van der Waals surface area (Å²) in [5.74, 6) is 0.228. The first-order valence-corrected chi connectivity index (χ1v) is 11.7. The summed E-state index contributed by atoms with van der Waals surface area (Å²) in [6.07, 6.45) is 1.43. The maximum atomic E-state index is 11.4. The van der Waals surface area contributed by atoms with Crippen molar-refractivity contribution in [3.05, 3.63) is 117 Å². The molecule has 0 unspecified atom stereocenters. The number of aromatic hydroxyl groups is 1. The quantitative estimate of drug-likeness (QED) is 0.333. The number of hydrogen-bond acceptors (Lipinski definition) is 3. The first kappa shape index (κ1) is 21.9. The number of fused-ring (bicyclic) bond motifs is 1. The van der Waals surface area contributed by atoms with Crippen LogP contribution in [0.2, 0.25) is 0 Å². The average Bonchev–Trinajstić information content (AvgIpc) is 3.26. The number of benzene rings is 4. The van der Waals surface area contributed by atoms with E-state index < -0.39 is 0 Å². The number of rotatable bonds is 5. The SMILES string of the molecule is Cc1cccc(Cc2cc(Cc3cccc(C)c3C)c(O)c(-n3nc4ccccc4n3)c2)c1C. The zero-order valence-electron chi connectivity index (χ0n) is 20.1. The van der Waals surface area contributed by atoms with E-state index in [-0.39, 0.29) is 5.75 Å². The van der Waals surface area contributed by atoms with E-state index >= 15 is 0 Å². The Balaban J connectivity index is 1.65. The molecule has 0 fully saturated rings. The Morgan fingerprint density at radius 3 is 1.79 bits per heavy atom. The van der Waals surface area contributed by atoms with E-state index in [2.05, 4.69) is 80.4 Å². The fraction of sp³-hybridized carbons (Fsp3) is 0.200. The van der Waals surface area contributed by atoms with Crippen LogP contribution in [0.5, 0.6) is 5.75 Å². The van der Waals surface area contributed by atoms with Crippen LogP contribution in [0.4, 0.5) is 0 Å². The molecule has 1 N–H and O–H groups in total. The molecule has 1 heterocycles. The molecular weight excluding hydrogens is 418 g/mol. The highest BCUT2D eigenvalue weighted by Crippen LogP contribution is 2.32. The Morgan fingerprint density at radius 2 is 1.21 bits per heavy atom. The number of aryl methyl sites for hydroxylation is 2. The van der Waals surface area contributed by atoms with Gasteiger partial charge in [0, 0.05) is 12.0 Å². The average molecular weight is 448 g/mol. The predicted octanol–water partition coefficient (Wildman–Crippen LogP) is 6.54. The van der Waals surface area contributed by atoms with E-state index in [1.54, 1.807) is 4.80 Å². The first-order valence-electron chi connectivity index (χ1n) is 11.7. The Morgan fingerprint density at radius 1 is 0.647 bits per heavy atom. The fourth-order valence-electron chi connectivity index (χ4n) is 4.53. The zero-order valence-corrected chi connectivity index (χ0v) is 20.1. The topological polar surface area (TPSA) is 50.9 Å². The normalized spacial score (nSPS) is 11.3. The van der Waals surface area contributed by atoms with Crippen molar-refractivity contribution in [1.29, 1.82) is 0 Å². The van der Waals surface area contributed by atoms with Crippen LogP contribution in [0.25, 0.3) is 16.7 Å². The summed E-state index contributed by atoms with van der Waals surface area (Å²) in [4.78, 5) is 1.57. The first-order chi connectivity index (χ1) is 16.4. The van der Waals surface area contributed by atoms with Crippen molar-refractivity contribution in [1.82, 2.24) is 15.0 Å². The lowest BCUT2D eigenvalue weighted by Crippen LogP contribution is -2.05. The van der Waals surface area contributed by atoms with Crippen LogP contribution in [0.3, 0.4) is 0 Å². The van der Waals surface area contributed by atoms with Gasteiger partial charge in [-0.25, -0.2) is 0 Å². The zero-order chi connectivity index (χ0) is 23.8. The standard InChI is InChI=1S/C30H29N3O/c1-19-9-7-11-24(21(19)3)15-23-16-26(18-25-12-8-10-20(2)22(25)4)30(34)29(17-23)33-31-27-13-5-6-14-28(27)32-33/h5-14,16-17,34H,15,18H2,1-4H3. The highest BCUT2D eigenvalue weighted by atomic mass is 16.3. The molecule has 0 bridgehead atoms. The van der Waals surface area contributed by atoms with Crippen molar-refractivity contribution in [3.63, 3.8) is 0 Å². The van der Waals surface area contributed by atoms with Gasteiger partial charge in [0.2, 0.25) is 0 Å². The van der Waals surface area contributed by atoms with Gasteiger partial charge in [-0.3, -0.25) is 0 Å². The predicted molar refractivity (Wildman–Crippen MR) is 138 cm³/mol. The molecule has 4 nitrogen and oxygen atoms in total. The summed E-state index contributed by atoms with van der Waals surface area (Å²) in [5.41, 5.74) is 11.8. The molecule has 170 valence electrons. The molecule has 0 atom stereocenters. The third-order valence-corrected chi connectivity index (χ3v) is 6.94. The van der Waals surface area contributed by atoms with Crippen molar-refractivity contribution in [2.45, 2.75) is 40.5 Å². The van der Waals surface area contributed by atoms with E-state index in [9.17, 15) is 5.11 Å². The molecule has 0 radical (unpaired) electrons. The van der Waals surface area contributed by atoms with Crippen LogP contribution < -0.4 is 0 Å². The molecule has 0 saturated heterocycles. The van der Waals surface area contributed by atoms with Crippen LogP contribution in [0.1, 0.15) is 44.5 Å². The van der Waals surface area contributed by atoms with Gasteiger partial charge >= 0.3 is 0 Å². The molecule has 4 heteroatoms. The molecule has 0 amide bonds. The van der Waals surface area contributed by atoms with Gasteiger partial charge in [-0.15, -0.1) is 15.0 Å². The van der Waals surface area contributed by atoms with Crippen LogP contribution in [-0.4, -0.2) is 20.1 Å². The Bertz CT molecular complexity index is 1480. The molecule has 0 saturated carbocycles.